The first kappa shape index (κ1) is 7.87. The molecule has 1 aliphatic rings. The summed E-state index contributed by atoms with van der Waals surface area (Å²) in [7, 11) is 0. The van der Waals surface area contributed by atoms with E-state index in [-0.39, 0.29) is 0 Å². The van der Waals surface area contributed by atoms with Gasteiger partial charge in [-0.1, -0.05) is 6.42 Å². The Hall–Kier alpha value is -0.760. The maximum Gasteiger partial charge on any atom is 0.109 e. The van der Waals surface area contributed by atoms with E-state index in [1.54, 1.807) is 6.26 Å². The fourth-order valence-corrected chi connectivity index (χ4v) is 2.08. The average molecular weight is 165 g/mol. The Balaban J connectivity index is 2.17. The first-order valence-corrected chi connectivity index (χ1v) is 4.61. The molecule has 66 valence electrons. The van der Waals surface area contributed by atoms with Crippen molar-refractivity contribution in [3.05, 3.63) is 24.2 Å². The Kier molecular flexibility index (Phi) is 1.93. The molecule has 1 saturated carbocycles. The molecule has 1 heterocycles. The lowest BCUT2D eigenvalue weighted by Crippen LogP contribution is -2.35. The predicted octanol–water partition coefficient (Wildman–Crippen LogP) is 2.05. The minimum atomic E-state index is 0.304. The molecule has 0 spiro atoms. The summed E-state index contributed by atoms with van der Waals surface area (Å²) in [6.45, 7) is 0.765. The zero-order chi connectivity index (χ0) is 8.44. The van der Waals surface area contributed by atoms with Crippen LogP contribution in [-0.4, -0.2) is 6.54 Å². The van der Waals surface area contributed by atoms with Crippen LogP contribution in [0.15, 0.2) is 22.8 Å². The third-order valence-electron chi connectivity index (χ3n) is 2.98. The molecule has 1 aromatic heterocycles. The van der Waals surface area contributed by atoms with E-state index in [9.17, 15) is 0 Å². The zero-order valence-corrected chi connectivity index (χ0v) is 7.25. The summed E-state index contributed by atoms with van der Waals surface area (Å²) in [6.07, 6.45) is 6.64. The number of hydrogen-bond acceptors (Lipinski definition) is 2. The van der Waals surface area contributed by atoms with Gasteiger partial charge in [-0.05, 0) is 37.9 Å². The van der Waals surface area contributed by atoms with Gasteiger partial charge in [0.2, 0.25) is 0 Å². The minimum absolute atomic E-state index is 0.304. The molecular weight excluding hydrogens is 150 g/mol. The molecule has 0 unspecified atom stereocenters. The second kappa shape index (κ2) is 2.94. The highest BCUT2D eigenvalue weighted by molar-refractivity contribution is 5.17. The Morgan fingerprint density at radius 3 is 2.75 bits per heavy atom. The summed E-state index contributed by atoms with van der Waals surface area (Å²) in [6, 6.07) is 4.04. The molecule has 0 radical (unpaired) electrons. The van der Waals surface area contributed by atoms with E-state index >= 15 is 0 Å². The molecule has 0 atom stereocenters. The van der Waals surface area contributed by atoms with Gasteiger partial charge >= 0.3 is 0 Å². The molecule has 0 amide bonds. The lowest BCUT2D eigenvalue weighted by atomic mass is 9.65. The molecular formula is C10H15NO. The van der Waals surface area contributed by atoms with Crippen molar-refractivity contribution in [3.8, 4) is 0 Å². The molecule has 2 heteroatoms. The Morgan fingerprint density at radius 1 is 1.50 bits per heavy atom. The van der Waals surface area contributed by atoms with Crippen LogP contribution in [0.3, 0.4) is 0 Å². The first-order valence-electron chi connectivity index (χ1n) is 4.61. The van der Waals surface area contributed by atoms with Gasteiger partial charge in [0.25, 0.3) is 0 Å². The fourth-order valence-electron chi connectivity index (χ4n) is 2.08. The van der Waals surface area contributed by atoms with E-state index < -0.39 is 0 Å². The van der Waals surface area contributed by atoms with Gasteiger partial charge in [-0.15, -0.1) is 0 Å². The topological polar surface area (TPSA) is 39.2 Å². The van der Waals surface area contributed by atoms with Crippen LogP contribution in [0.5, 0.6) is 0 Å². The molecule has 1 fully saturated rings. The van der Waals surface area contributed by atoms with Crippen LogP contribution in [-0.2, 0) is 5.41 Å². The van der Waals surface area contributed by atoms with Gasteiger partial charge in [0, 0.05) is 5.41 Å². The highest BCUT2D eigenvalue weighted by atomic mass is 16.3. The number of hydrogen-bond donors (Lipinski definition) is 1. The standard InChI is InChI=1S/C10H15NO/c11-7-6-10(4-2-5-10)9-3-1-8-12-9/h1,3,8H,2,4-7,11H2. The Morgan fingerprint density at radius 2 is 2.33 bits per heavy atom. The highest BCUT2D eigenvalue weighted by Gasteiger charge is 2.39. The Bertz CT molecular complexity index is 236. The van der Waals surface area contributed by atoms with Crippen LogP contribution in [0.25, 0.3) is 0 Å². The van der Waals surface area contributed by atoms with Gasteiger partial charge < -0.3 is 10.2 Å². The summed E-state index contributed by atoms with van der Waals surface area (Å²) in [5, 5.41) is 0. The smallest absolute Gasteiger partial charge is 0.109 e. The molecule has 0 bridgehead atoms. The van der Waals surface area contributed by atoms with Crippen molar-refractivity contribution in [2.45, 2.75) is 31.1 Å². The van der Waals surface area contributed by atoms with Crippen LogP contribution < -0.4 is 5.73 Å². The molecule has 12 heavy (non-hydrogen) atoms. The molecule has 0 saturated heterocycles. The fraction of sp³-hybridized carbons (Fsp3) is 0.600. The molecule has 0 aliphatic heterocycles. The van der Waals surface area contributed by atoms with E-state index in [2.05, 4.69) is 6.07 Å². The van der Waals surface area contributed by atoms with Gasteiger partial charge in [-0.2, -0.15) is 0 Å². The summed E-state index contributed by atoms with van der Waals surface area (Å²) in [5.41, 5.74) is 5.89. The van der Waals surface area contributed by atoms with Crippen LogP contribution in [0.4, 0.5) is 0 Å². The molecule has 2 N–H and O–H groups in total. The average Bonchev–Trinajstić information content (AvgIpc) is 2.48. The van der Waals surface area contributed by atoms with Crippen LogP contribution >= 0.6 is 0 Å². The van der Waals surface area contributed by atoms with Crippen molar-refractivity contribution >= 4 is 0 Å². The van der Waals surface area contributed by atoms with E-state index in [1.807, 2.05) is 6.07 Å². The molecule has 0 aromatic carbocycles. The van der Waals surface area contributed by atoms with Crippen molar-refractivity contribution in [2.24, 2.45) is 5.73 Å². The van der Waals surface area contributed by atoms with Gasteiger partial charge in [0.15, 0.2) is 0 Å². The molecule has 2 rings (SSSR count). The lowest BCUT2D eigenvalue weighted by Gasteiger charge is -2.39. The van der Waals surface area contributed by atoms with E-state index in [4.69, 9.17) is 10.2 Å². The number of furan rings is 1. The highest BCUT2D eigenvalue weighted by Crippen LogP contribution is 2.46. The Labute approximate surface area is 72.7 Å². The van der Waals surface area contributed by atoms with Crippen molar-refractivity contribution in [1.29, 1.82) is 0 Å². The van der Waals surface area contributed by atoms with E-state index in [0.717, 1.165) is 18.7 Å². The van der Waals surface area contributed by atoms with Crippen LogP contribution in [0.1, 0.15) is 31.4 Å². The largest absolute Gasteiger partial charge is 0.469 e. The van der Waals surface area contributed by atoms with Crippen molar-refractivity contribution in [2.75, 3.05) is 6.54 Å². The van der Waals surface area contributed by atoms with Crippen molar-refractivity contribution in [3.63, 3.8) is 0 Å². The third kappa shape index (κ3) is 1.07. The quantitative estimate of drug-likeness (QED) is 0.744. The monoisotopic (exact) mass is 165 g/mol. The van der Waals surface area contributed by atoms with Crippen LogP contribution in [0.2, 0.25) is 0 Å². The van der Waals surface area contributed by atoms with E-state index in [0.29, 0.717) is 5.41 Å². The summed E-state index contributed by atoms with van der Waals surface area (Å²) >= 11 is 0. The summed E-state index contributed by atoms with van der Waals surface area (Å²) < 4.78 is 5.44. The maximum absolute atomic E-state index is 5.59. The third-order valence-corrected chi connectivity index (χ3v) is 2.98. The summed E-state index contributed by atoms with van der Waals surface area (Å²) in [5.74, 6) is 1.14. The van der Waals surface area contributed by atoms with Gasteiger partial charge in [0.1, 0.15) is 5.76 Å². The number of nitrogens with two attached hydrogens (primary N) is 1. The maximum atomic E-state index is 5.59. The van der Waals surface area contributed by atoms with Gasteiger partial charge in [-0.25, -0.2) is 0 Å². The predicted molar refractivity (Wildman–Crippen MR) is 47.9 cm³/mol. The first-order chi connectivity index (χ1) is 5.87. The van der Waals surface area contributed by atoms with Crippen molar-refractivity contribution < 1.29 is 4.42 Å². The second-order valence-corrected chi connectivity index (χ2v) is 3.65. The molecule has 1 aromatic rings. The van der Waals surface area contributed by atoms with Crippen molar-refractivity contribution in [1.82, 2.24) is 0 Å². The van der Waals surface area contributed by atoms with Gasteiger partial charge in [0.05, 0.1) is 6.26 Å². The van der Waals surface area contributed by atoms with E-state index in [1.165, 1.54) is 19.3 Å². The second-order valence-electron chi connectivity index (χ2n) is 3.65. The molecule has 1 aliphatic carbocycles. The number of rotatable bonds is 3. The minimum Gasteiger partial charge on any atom is -0.469 e. The summed E-state index contributed by atoms with van der Waals surface area (Å²) in [4.78, 5) is 0. The van der Waals surface area contributed by atoms with Gasteiger partial charge in [-0.3, -0.25) is 0 Å². The lowest BCUT2D eigenvalue weighted by molar-refractivity contribution is 0.188. The molecule has 2 nitrogen and oxygen atoms in total. The van der Waals surface area contributed by atoms with Crippen LogP contribution in [0, 0.1) is 0 Å². The zero-order valence-electron chi connectivity index (χ0n) is 7.25. The SMILES string of the molecule is NCCC1(c2ccco2)CCC1. The normalized spacial score (nSPS) is 20.4.